The highest BCUT2D eigenvalue weighted by molar-refractivity contribution is 6.35. The molecule has 0 bridgehead atoms. The number of rotatable bonds is 5. The van der Waals surface area contributed by atoms with E-state index in [4.69, 9.17) is 27.9 Å². The number of halogens is 2. The minimum absolute atomic E-state index is 0.00608. The van der Waals surface area contributed by atoms with Crippen LogP contribution in [0.2, 0.25) is 10.0 Å². The molecule has 0 aromatic heterocycles. The molecule has 0 aliphatic carbocycles. The number of Topliss-reactive ketones (excluding diaryl/α,β-unsaturated/α-hetero) is 1. The van der Waals surface area contributed by atoms with Gasteiger partial charge in [0.25, 0.3) is 0 Å². The second-order valence-corrected chi connectivity index (χ2v) is 5.87. The molecule has 0 aliphatic heterocycles. The van der Waals surface area contributed by atoms with E-state index < -0.39 is 0 Å². The molecule has 0 unspecified atom stereocenters. The van der Waals surface area contributed by atoms with E-state index in [1.165, 1.54) is 0 Å². The number of carbonyl (C=O) groups is 1. The van der Waals surface area contributed by atoms with Gasteiger partial charge in [-0.3, -0.25) is 4.79 Å². The molecular formula is C17H16Cl2O2. The van der Waals surface area contributed by atoms with Crippen molar-refractivity contribution in [2.24, 2.45) is 0 Å². The number of hydrogen-bond acceptors (Lipinski definition) is 2. The molecule has 21 heavy (non-hydrogen) atoms. The van der Waals surface area contributed by atoms with Gasteiger partial charge in [0.05, 0.1) is 6.10 Å². The maximum absolute atomic E-state index is 12.3. The van der Waals surface area contributed by atoms with E-state index in [-0.39, 0.29) is 18.3 Å². The summed E-state index contributed by atoms with van der Waals surface area (Å²) in [7, 11) is 0. The second-order valence-electron chi connectivity index (χ2n) is 5.03. The van der Waals surface area contributed by atoms with Crippen molar-refractivity contribution in [2.75, 3.05) is 0 Å². The third-order valence-corrected chi connectivity index (χ3v) is 3.48. The molecule has 0 radical (unpaired) electrons. The average molecular weight is 323 g/mol. The van der Waals surface area contributed by atoms with Crippen molar-refractivity contribution in [3.05, 3.63) is 63.6 Å². The van der Waals surface area contributed by atoms with Crippen molar-refractivity contribution in [1.82, 2.24) is 0 Å². The van der Waals surface area contributed by atoms with E-state index in [0.29, 0.717) is 21.4 Å². The molecule has 0 heterocycles. The molecule has 2 aromatic rings. The molecule has 0 aliphatic rings. The van der Waals surface area contributed by atoms with Gasteiger partial charge in [0.15, 0.2) is 5.78 Å². The Morgan fingerprint density at radius 1 is 1.14 bits per heavy atom. The summed E-state index contributed by atoms with van der Waals surface area (Å²) in [6.07, 6.45) is 0.308. The number of benzene rings is 2. The topological polar surface area (TPSA) is 26.3 Å². The molecule has 2 rings (SSSR count). The Balaban J connectivity index is 2.16. The summed E-state index contributed by atoms with van der Waals surface area (Å²) in [6, 6.07) is 12.3. The molecule has 2 aromatic carbocycles. The maximum atomic E-state index is 12.3. The van der Waals surface area contributed by atoms with E-state index in [2.05, 4.69) is 0 Å². The van der Waals surface area contributed by atoms with Gasteiger partial charge in [-0.05, 0) is 43.7 Å². The lowest BCUT2D eigenvalue weighted by molar-refractivity contribution is 0.0992. The Hall–Kier alpha value is -1.51. The van der Waals surface area contributed by atoms with Gasteiger partial charge in [-0.25, -0.2) is 0 Å². The maximum Gasteiger partial charge on any atom is 0.167 e. The lowest BCUT2D eigenvalue weighted by atomic mass is 10.0. The van der Waals surface area contributed by atoms with Crippen molar-refractivity contribution in [2.45, 2.75) is 26.4 Å². The molecule has 0 saturated carbocycles. The summed E-state index contributed by atoms with van der Waals surface area (Å²) in [6.45, 7) is 3.89. The van der Waals surface area contributed by atoms with E-state index in [1.54, 1.807) is 30.3 Å². The monoisotopic (exact) mass is 322 g/mol. The Morgan fingerprint density at radius 3 is 2.57 bits per heavy atom. The third-order valence-electron chi connectivity index (χ3n) is 2.89. The number of carbonyl (C=O) groups excluding carboxylic acids is 1. The SMILES string of the molecule is CC(C)Oc1cccc(C(=O)Cc2ccc(Cl)cc2Cl)c1. The van der Waals surface area contributed by atoms with Gasteiger partial charge in [0, 0.05) is 22.0 Å². The zero-order chi connectivity index (χ0) is 15.4. The normalized spacial score (nSPS) is 10.7. The largest absolute Gasteiger partial charge is 0.491 e. The van der Waals surface area contributed by atoms with Crippen LogP contribution in [0.4, 0.5) is 0 Å². The first kappa shape index (κ1) is 15.9. The molecule has 2 nitrogen and oxygen atoms in total. The van der Waals surface area contributed by atoms with Crippen molar-refractivity contribution >= 4 is 29.0 Å². The fourth-order valence-electron chi connectivity index (χ4n) is 1.96. The number of hydrogen-bond donors (Lipinski definition) is 0. The lowest BCUT2D eigenvalue weighted by Crippen LogP contribution is -2.08. The van der Waals surface area contributed by atoms with E-state index >= 15 is 0 Å². The highest BCUT2D eigenvalue weighted by atomic mass is 35.5. The second kappa shape index (κ2) is 6.97. The van der Waals surface area contributed by atoms with Gasteiger partial charge in [-0.1, -0.05) is 41.4 Å². The van der Waals surface area contributed by atoms with Crippen molar-refractivity contribution in [1.29, 1.82) is 0 Å². The van der Waals surface area contributed by atoms with Crippen molar-refractivity contribution in [3.8, 4) is 5.75 Å². The molecule has 0 atom stereocenters. The van der Waals surface area contributed by atoms with Gasteiger partial charge in [0.1, 0.15) is 5.75 Å². The fourth-order valence-corrected chi connectivity index (χ4v) is 2.43. The van der Waals surface area contributed by atoms with E-state index in [1.807, 2.05) is 26.0 Å². The van der Waals surface area contributed by atoms with Crippen LogP contribution in [-0.2, 0) is 6.42 Å². The highest BCUT2D eigenvalue weighted by Gasteiger charge is 2.11. The predicted molar refractivity (Wildman–Crippen MR) is 86.7 cm³/mol. The quantitative estimate of drug-likeness (QED) is 0.706. The minimum atomic E-state index is -0.00608. The summed E-state index contributed by atoms with van der Waals surface area (Å²) >= 11 is 12.0. The lowest BCUT2D eigenvalue weighted by Gasteiger charge is -2.11. The fraction of sp³-hybridized carbons (Fsp3) is 0.235. The molecule has 0 saturated heterocycles. The standard InChI is InChI=1S/C17H16Cl2O2/c1-11(2)21-15-5-3-4-13(8-15)17(20)9-12-6-7-14(18)10-16(12)19/h3-8,10-11H,9H2,1-2H3. The highest BCUT2D eigenvalue weighted by Crippen LogP contribution is 2.23. The Labute approximate surface area is 134 Å². The summed E-state index contributed by atoms with van der Waals surface area (Å²) in [5, 5.41) is 1.06. The smallest absolute Gasteiger partial charge is 0.167 e. The summed E-state index contributed by atoms with van der Waals surface area (Å²) < 4.78 is 5.60. The zero-order valence-electron chi connectivity index (χ0n) is 11.9. The molecule has 0 amide bonds. The van der Waals surface area contributed by atoms with Crippen LogP contribution < -0.4 is 4.74 Å². The van der Waals surface area contributed by atoms with Crippen LogP contribution in [0.15, 0.2) is 42.5 Å². The summed E-state index contributed by atoms with van der Waals surface area (Å²) in [5.41, 5.74) is 1.38. The number of ketones is 1. The molecule has 0 spiro atoms. The minimum Gasteiger partial charge on any atom is -0.491 e. The molecule has 0 fully saturated rings. The predicted octanol–water partition coefficient (Wildman–Crippen LogP) is 5.21. The van der Waals surface area contributed by atoms with Crippen LogP contribution in [0.5, 0.6) is 5.75 Å². The van der Waals surface area contributed by atoms with Crippen LogP contribution in [0, 0.1) is 0 Å². The summed E-state index contributed by atoms with van der Waals surface area (Å²) in [4.78, 5) is 12.3. The summed E-state index contributed by atoms with van der Waals surface area (Å²) in [5.74, 6) is 0.687. The van der Waals surface area contributed by atoms with Gasteiger partial charge in [-0.15, -0.1) is 0 Å². The first-order chi connectivity index (χ1) is 9.95. The molecular weight excluding hydrogens is 307 g/mol. The van der Waals surface area contributed by atoms with Crippen LogP contribution in [0.3, 0.4) is 0 Å². The number of ether oxygens (including phenoxy) is 1. The zero-order valence-corrected chi connectivity index (χ0v) is 13.4. The third kappa shape index (κ3) is 4.48. The first-order valence-corrected chi connectivity index (χ1v) is 7.45. The van der Waals surface area contributed by atoms with Crippen LogP contribution in [0.25, 0.3) is 0 Å². The van der Waals surface area contributed by atoms with Gasteiger partial charge < -0.3 is 4.74 Å². The van der Waals surface area contributed by atoms with Crippen molar-refractivity contribution < 1.29 is 9.53 Å². The Morgan fingerprint density at radius 2 is 1.90 bits per heavy atom. The van der Waals surface area contributed by atoms with Crippen molar-refractivity contribution in [3.63, 3.8) is 0 Å². The van der Waals surface area contributed by atoms with E-state index in [9.17, 15) is 4.79 Å². The first-order valence-electron chi connectivity index (χ1n) is 6.69. The van der Waals surface area contributed by atoms with Crippen LogP contribution in [0.1, 0.15) is 29.8 Å². The van der Waals surface area contributed by atoms with Crippen LogP contribution >= 0.6 is 23.2 Å². The van der Waals surface area contributed by atoms with Gasteiger partial charge >= 0.3 is 0 Å². The Bertz CT molecular complexity index is 651. The molecule has 110 valence electrons. The Kier molecular flexibility index (Phi) is 5.27. The molecule has 4 heteroatoms. The van der Waals surface area contributed by atoms with Gasteiger partial charge in [0.2, 0.25) is 0 Å². The van der Waals surface area contributed by atoms with Gasteiger partial charge in [-0.2, -0.15) is 0 Å². The van der Waals surface area contributed by atoms with E-state index in [0.717, 1.165) is 5.56 Å². The molecule has 0 N–H and O–H groups in total. The van der Waals surface area contributed by atoms with Crippen LogP contribution in [-0.4, -0.2) is 11.9 Å². The average Bonchev–Trinajstić information content (AvgIpc) is 2.41.